The summed E-state index contributed by atoms with van der Waals surface area (Å²) >= 11 is 0. The minimum atomic E-state index is -0.746. The maximum absolute atomic E-state index is 11.9. The van der Waals surface area contributed by atoms with Gasteiger partial charge in [0, 0.05) is 17.2 Å². The quantitative estimate of drug-likeness (QED) is 0.417. The highest BCUT2D eigenvalue weighted by molar-refractivity contribution is 5.95. The first-order valence-corrected chi connectivity index (χ1v) is 7.19. The van der Waals surface area contributed by atoms with Crippen molar-refractivity contribution >= 4 is 17.8 Å². The monoisotopic (exact) mass is 345 g/mol. The summed E-state index contributed by atoms with van der Waals surface area (Å²) in [5, 5.41) is 33.7. The summed E-state index contributed by atoms with van der Waals surface area (Å²) in [6.07, 6.45) is 1.19. The predicted octanol–water partition coefficient (Wildman–Crippen LogP) is 2.17. The number of hydrogen-bond acceptors (Lipinski definition) is 7. The molecule has 0 radical (unpaired) electrons. The average Bonchev–Trinajstić information content (AvgIpc) is 2.58. The van der Waals surface area contributed by atoms with E-state index in [2.05, 4.69) is 10.5 Å². The van der Waals surface area contributed by atoms with Gasteiger partial charge in [-0.15, -0.1) is 0 Å². The molecule has 0 saturated carbocycles. The van der Waals surface area contributed by atoms with E-state index in [1.54, 1.807) is 6.92 Å². The Bertz CT molecular complexity index is 817. The van der Waals surface area contributed by atoms with Crippen molar-refractivity contribution in [3.63, 3.8) is 0 Å². The van der Waals surface area contributed by atoms with Gasteiger partial charge in [0.1, 0.15) is 5.75 Å². The van der Waals surface area contributed by atoms with Crippen LogP contribution in [0.25, 0.3) is 0 Å². The van der Waals surface area contributed by atoms with Crippen molar-refractivity contribution in [3.05, 3.63) is 57.6 Å². The molecule has 0 atom stereocenters. The number of ether oxygens (including phenoxy) is 1. The molecule has 2 rings (SSSR count). The second kappa shape index (κ2) is 7.77. The van der Waals surface area contributed by atoms with Crippen LogP contribution in [0.5, 0.6) is 17.2 Å². The summed E-state index contributed by atoms with van der Waals surface area (Å²) < 4.78 is 5.15. The Morgan fingerprint density at radius 2 is 2.00 bits per heavy atom. The normalized spacial score (nSPS) is 10.6. The Morgan fingerprint density at radius 3 is 2.60 bits per heavy atom. The zero-order valence-corrected chi connectivity index (χ0v) is 13.2. The lowest BCUT2D eigenvalue weighted by molar-refractivity contribution is -0.386. The maximum Gasteiger partial charge on any atom is 0.315 e. The van der Waals surface area contributed by atoms with E-state index in [4.69, 9.17) is 4.74 Å². The summed E-state index contributed by atoms with van der Waals surface area (Å²) in [4.78, 5) is 22.1. The first-order valence-electron chi connectivity index (χ1n) is 7.19. The molecular weight excluding hydrogens is 330 g/mol. The standard InChI is InChI=1S/C16H15N3O6/c1-2-25-14-8-10(7-13(15(14)21)19(23)24)9-17-18-16(22)11-3-5-12(20)6-4-11/h3-9,20-21H,2H2,1H3,(H,18,22)/b17-9+. The molecule has 9 nitrogen and oxygen atoms in total. The van der Waals surface area contributed by atoms with Crippen LogP contribution in [0.4, 0.5) is 5.69 Å². The molecule has 0 aliphatic heterocycles. The molecule has 0 aromatic heterocycles. The highest BCUT2D eigenvalue weighted by Crippen LogP contribution is 2.36. The molecule has 0 aliphatic carbocycles. The lowest BCUT2D eigenvalue weighted by Gasteiger charge is -2.07. The third-order valence-corrected chi connectivity index (χ3v) is 3.08. The zero-order chi connectivity index (χ0) is 18.4. The summed E-state index contributed by atoms with van der Waals surface area (Å²) in [7, 11) is 0. The van der Waals surface area contributed by atoms with Crippen LogP contribution in [0.15, 0.2) is 41.5 Å². The molecule has 0 spiro atoms. The number of phenolic OH excluding ortho intramolecular Hbond substituents is 2. The summed E-state index contributed by atoms with van der Waals surface area (Å²) in [5.41, 5.74) is 2.27. The molecule has 2 aromatic rings. The zero-order valence-electron chi connectivity index (χ0n) is 13.2. The van der Waals surface area contributed by atoms with Crippen LogP contribution in [0.1, 0.15) is 22.8 Å². The number of benzene rings is 2. The Balaban J connectivity index is 2.18. The fraction of sp³-hybridized carbons (Fsp3) is 0.125. The van der Waals surface area contributed by atoms with E-state index >= 15 is 0 Å². The van der Waals surface area contributed by atoms with E-state index in [0.717, 1.165) is 6.07 Å². The first-order chi connectivity index (χ1) is 11.9. The van der Waals surface area contributed by atoms with Crippen LogP contribution >= 0.6 is 0 Å². The van der Waals surface area contributed by atoms with Crippen LogP contribution in [-0.2, 0) is 0 Å². The summed E-state index contributed by atoms with van der Waals surface area (Å²) in [6, 6.07) is 8.01. The number of aromatic hydroxyl groups is 2. The molecule has 2 aromatic carbocycles. The molecule has 3 N–H and O–H groups in total. The van der Waals surface area contributed by atoms with E-state index in [9.17, 15) is 25.1 Å². The highest BCUT2D eigenvalue weighted by Gasteiger charge is 2.19. The molecule has 9 heteroatoms. The fourth-order valence-corrected chi connectivity index (χ4v) is 1.94. The van der Waals surface area contributed by atoms with Crippen LogP contribution in [0, 0.1) is 10.1 Å². The van der Waals surface area contributed by atoms with Crippen molar-refractivity contribution in [2.24, 2.45) is 5.10 Å². The van der Waals surface area contributed by atoms with Crippen LogP contribution in [0.3, 0.4) is 0 Å². The van der Waals surface area contributed by atoms with E-state index in [-0.39, 0.29) is 29.2 Å². The lowest BCUT2D eigenvalue weighted by Crippen LogP contribution is -2.17. The number of nitro benzene ring substituents is 1. The van der Waals surface area contributed by atoms with Gasteiger partial charge >= 0.3 is 5.69 Å². The Morgan fingerprint density at radius 1 is 1.32 bits per heavy atom. The van der Waals surface area contributed by atoms with Crippen molar-refractivity contribution in [1.29, 1.82) is 0 Å². The number of hydrazone groups is 1. The van der Waals surface area contributed by atoms with Gasteiger partial charge in [-0.25, -0.2) is 5.43 Å². The number of nitrogens with zero attached hydrogens (tertiary/aromatic N) is 2. The lowest BCUT2D eigenvalue weighted by atomic mass is 10.2. The molecule has 1 amide bonds. The first kappa shape index (κ1) is 17.7. The number of nitro groups is 1. The summed E-state index contributed by atoms with van der Waals surface area (Å²) in [6.45, 7) is 1.88. The molecule has 0 unspecified atom stereocenters. The van der Waals surface area contributed by atoms with Crippen molar-refractivity contribution in [1.82, 2.24) is 5.43 Å². The Labute approximate surface area is 142 Å². The molecular formula is C16H15N3O6. The van der Waals surface area contributed by atoms with Gasteiger partial charge in [0.25, 0.3) is 5.91 Å². The minimum absolute atomic E-state index is 0.0277. The topological polar surface area (TPSA) is 134 Å². The fourth-order valence-electron chi connectivity index (χ4n) is 1.94. The van der Waals surface area contributed by atoms with Crippen molar-refractivity contribution in [2.45, 2.75) is 6.92 Å². The maximum atomic E-state index is 11.9. The Hall–Kier alpha value is -3.62. The number of carbonyl (C=O) groups excluding carboxylic acids is 1. The van der Waals surface area contributed by atoms with Gasteiger partial charge in [0.15, 0.2) is 5.75 Å². The number of carbonyl (C=O) groups is 1. The second-order valence-electron chi connectivity index (χ2n) is 4.82. The van der Waals surface area contributed by atoms with E-state index < -0.39 is 22.3 Å². The van der Waals surface area contributed by atoms with Gasteiger partial charge in [-0.3, -0.25) is 14.9 Å². The molecule has 0 saturated heterocycles. The number of hydrogen-bond donors (Lipinski definition) is 3. The van der Waals surface area contributed by atoms with Crippen LogP contribution in [-0.4, -0.2) is 33.9 Å². The third kappa shape index (κ3) is 4.44. The second-order valence-corrected chi connectivity index (χ2v) is 4.82. The molecule has 0 bridgehead atoms. The Kier molecular flexibility index (Phi) is 5.51. The van der Waals surface area contributed by atoms with Gasteiger partial charge in [0.05, 0.1) is 17.7 Å². The molecule has 130 valence electrons. The van der Waals surface area contributed by atoms with E-state index in [1.807, 2.05) is 0 Å². The van der Waals surface area contributed by atoms with E-state index in [1.165, 1.54) is 36.5 Å². The largest absolute Gasteiger partial charge is 0.508 e. The highest BCUT2D eigenvalue weighted by atomic mass is 16.6. The van der Waals surface area contributed by atoms with Gasteiger partial charge in [-0.2, -0.15) is 5.10 Å². The number of amides is 1. The molecule has 25 heavy (non-hydrogen) atoms. The van der Waals surface area contributed by atoms with Gasteiger partial charge in [-0.05, 0) is 37.3 Å². The summed E-state index contributed by atoms with van der Waals surface area (Å²) in [5.74, 6) is -1.12. The molecule has 0 aliphatic rings. The number of nitrogens with one attached hydrogen (secondary N) is 1. The van der Waals surface area contributed by atoms with E-state index in [0.29, 0.717) is 0 Å². The van der Waals surface area contributed by atoms with Crippen LogP contribution in [0.2, 0.25) is 0 Å². The SMILES string of the molecule is CCOc1cc(/C=N/NC(=O)c2ccc(O)cc2)cc([N+](=O)[O-])c1O. The average molecular weight is 345 g/mol. The van der Waals surface area contributed by atoms with Crippen molar-refractivity contribution < 1.29 is 24.7 Å². The van der Waals surface area contributed by atoms with Crippen molar-refractivity contribution in [2.75, 3.05) is 6.61 Å². The molecule has 0 fully saturated rings. The minimum Gasteiger partial charge on any atom is -0.508 e. The van der Waals surface area contributed by atoms with Crippen LogP contribution < -0.4 is 10.2 Å². The predicted molar refractivity (Wildman–Crippen MR) is 89.1 cm³/mol. The van der Waals surface area contributed by atoms with Crippen molar-refractivity contribution in [3.8, 4) is 17.2 Å². The van der Waals surface area contributed by atoms with Gasteiger partial charge in [-0.1, -0.05) is 0 Å². The molecule has 0 heterocycles. The third-order valence-electron chi connectivity index (χ3n) is 3.08. The van der Waals surface area contributed by atoms with Gasteiger partial charge in [0.2, 0.25) is 5.75 Å². The number of phenols is 2. The van der Waals surface area contributed by atoms with Gasteiger partial charge < -0.3 is 14.9 Å². The smallest absolute Gasteiger partial charge is 0.315 e. The number of rotatable bonds is 6.